The van der Waals surface area contributed by atoms with E-state index < -0.39 is 12.1 Å². The number of carbonyl (C=O) groups excluding carboxylic acids is 2. The summed E-state index contributed by atoms with van der Waals surface area (Å²) in [5, 5.41) is 23.2. The Labute approximate surface area is 474 Å². The number of esters is 1. The molecule has 0 aliphatic heterocycles. The molecule has 0 radical (unpaired) electrons. The Morgan fingerprint density at radius 3 is 1.01 bits per heavy atom. The Morgan fingerprint density at radius 2 is 0.658 bits per heavy atom. The first-order valence-corrected chi connectivity index (χ1v) is 33.9. The number of amides is 1. The van der Waals surface area contributed by atoms with Gasteiger partial charge in [-0.2, -0.15) is 0 Å². The van der Waals surface area contributed by atoms with Crippen LogP contribution in [0, 0.1) is 0 Å². The zero-order valence-electron chi connectivity index (χ0n) is 51.0. The minimum absolute atomic E-state index is 0.0189. The first-order chi connectivity index (χ1) is 37.5. The maximum atomic E-state index is 12.5. The molecule has 3 N–H and O–H groups in total. The Balaban J connectivity index is 3.51. The zero-order valence-corrected chi connectivity index (χ0v) is 51.0. The van der Waals surface area contributed by atoms with E-state index in [1.807, 2.05) is 6.08 Å². The summed E-state index contributed by atoms with van der Waals surface area (Å²) in [5.41, 5.74) is 0. The standard InChI is InChI=1S/C70H131NO5/c1-3-5-7-9-11-13-15-17-19-21-23-24-25-26-27-28-30-34-38-42-46-50-54-58-62-68(73)67(66-72)71-69(74)63-59-55-51-47-43-39-35-31-29-33-37-41-45-49-53-57-61-65-76-70(75)64-60-56-52-48-44-40-36-32-22-20-18-16-14-12-10-8-6-4-2/h20,22,29,33,41,45,58,62,67-68,72-73H,3-19,21,23-28,30-32,34-40,42-44,46-57,59-61,63-66H2,1-2H3,(H,71,74)/b22-20-,33-29-,45-41-,62-58+. The highest BCUT2D eigenvalue weighted by molar-refractivity contribution is 5.76. The predicted octanol–water partition coefficient (Wildman–Crippen LogP) is 21.7. The molecule has 0 rings (SSSR count). The number of hydrogen-bond acceptors (Lipinski definition) is 5. The molecule has 0 aliphatic rings. The number of aliphatic hydroxyl groups excluding tert-OH is 2. The number of carbonyl (C=O) groups is 2. The Kier molecular flexibility index (Phi) is 63.5. The summed E-state index contributed by atoms with van der Waals surface area (Å²) in [6, 6.07) is -0.643. The molecule has 0 bridgehead atoms. The number of nitrogens with one attached hydrogen (secondary N) is 1. The Bertz CT molecular complexity index is 1270. The predicted molar refractivity (Wildman–Crippen MR) is 333 cm³/mol. The molecule has 2 atom stereocenters. The van der Waals surface area contributed by atoms with Gasteiger partial charge in [-0.15, -0.1) is 0 Å². The number of allylic oxidation sites excluding steroid dienone is 7. The number of rotatable bonds is 63. The molecule has 0 aliphatic carbocycles. The van der Waals surface area contributed by atoms with Crippen molar-refractivity contribution in [2.75, 3.05) is 13.2 Å². The maximum Gasteiger partial charge on any atom is 0.305 e. The van der Waals surface area contributed by atoms with E-state index in [-0.39, 0.29) is 18.5 Å². The van der Waals surface area contributed by atoms with Crippen LogP contribution in [-0.2, 0) is 14.3 Å². The molecule has 0 heterocycles. The van der Waals surface area contributed by atoms with Crippen LogP contribution in [0.4, 0.5) is 0 Å². The molecular weight excluding hydrogens is 935 g/mol. The van der Waals surface area contributed by atoms with Crippen molar-refractivity contribution in [2.24, 2.45) is 0 Å². The van der Waals surface area contributed by atoms with Crippen molar-refractivity contribution in [1.29, 1.82) is 0 Å². The van der Waals surface area contributed by atoms with Crippen LogP contribution >= 0.6 is 0 Å². The summed E-state index contributed by atoms with van der Waals surface area (Å²) in [4.78, 5) is 24.6. The highest BCUT2D eigenvalue weighted by atomic mass is 16.5. The molecule has 0 fully saturated rings. The first-order valence-electron chi connectivity index (χ1n) is 33.9. The zero-order chi connectivity index (χ0) is 55.0. The fourth-order valence-corrected chi connectivity index (χ4v) is 10.4. The molecule has 1 amide bonds. The van der Waals surface area contributed by atoms with E-state index in [2.05, 4.69) is 55.6 Å². The van der Waals surface area contributed by atoms with E-state index in [4.69, 9.17) is 4.74 Å². The van der Waals surface area contributed by atoms with E-state index in [0.717, 1.165) is 83.5 Å². The lowest BCUT2D eigenvalue weighted by Crippen LogP contribution is -2.45. The van der Waals surface area contributed by atoms with E-state index in [9.17, 15) is 19.8 Å². The van der Waals surface area contributed by atoms with Crippen LogP contribution in [-0.4, -0.2) is 47.4 Å². The lowest BCUT2D eigenvalue weighted by atomic mass is 10.0. The molecule has 0 aromatic heterocycles. The smallest absolute Gasteiger partial charge is 0.305 e. The molecular formula is C70H131NO5. The summed E-state index contributed by atoms with van der Waals surface area (Å²) >= 11 is 0. The minimum atomic E-state index is -0.858. The largest absolute Gasteiger partial charge is 0.466 e. The van der Waals surface area contributed by atoms with Gasteiger partial charge in [0, 0.05) is 12.8 Å². The van der Waals surface area contributed by atoms with Crippen LogP contribution in [0.25, 0.3) is 0 Å². The van der Waals surface area contributed by atoms with E-state index in [1.54, 1.807) is 6.08 Å². The molecule has 0 aromatic carbocycles. The molecule has 0 spiro atoms. The van der Waals surface area contributed by atoms with Gasteiger partial charge >= 0.3 is 5.97 Å². The van der Waals surface area contributed by atoms with Crippen LogP contribution in [0.5, 0.6) is 0 Å². The van der Waals surface area contributed by atoms with Crippen molar-refractivity contribution in [3.05, 3.63) is 48.6 Å². The third kappa shape index (κ3) is 61.0. The fraction of sp³-hybridized carbons (Fsp3) is 0.857. The second-order valence-electron chi connectivity index (χ2n) is 23.1. The second-order valence-corrected chi connectivity index (χ2v) is 23.1. The average Bonchev–Trinajstić information content (AvgIpc) is 3.42. The second kappa shape index (κ2) is 65.3. The third-order valence-electron chi connectivity index (χ3n) is 15.6. The first kappa shape index (κ1) is 73.8. The molecule has 0 saturated carbocycles. The highest BCUT2D eigenvalue weighted by Crippen LogP contribution is 2.18. The number of aliphatic hydroxyl groups is 2. The number of ether oxygens (including phenoxy) is 1. The van der Waals surface area contributed by atoms with Gasteiger partial charge < -0.3 is 20.3 Å². The van der Waals surface area contributed by atoms with Gasteiger partial charge in [0.05, 0.1) is 25.4 Å². The maximum absolute atomic E-state index is 12.5. The summed E-state index contributed by atoms with van der Waals surface area (Å²) in [6.07, 6.45) is 84.5. The van der Waals surface area contributed by atoms with Gasteiger partial charge in [0.25, 0.3) is 0 Å². The van der Waals surface area contributed by atoms with Crippen LogP contribution < -0.4 is 5.32 Å². The fourth-order valence-electron chi connectivity index (χ4n) is 10.4. The third-order valence-corrected chi connectivity index (χ3v) is 15.6. The SMILES string of the molecule is CCCCCCCCC/C=C\CCCCCCCCCC(=O)OCCCCC/C=C\C/C=C\CCCCCCCCCC(=O)NC(CO)C(O)/C=C/CCCCCCCCCCCCCCCCCCCCCCCC. The molecule has 6 heteroatoms. The van der Waals surface area contributed by atoms with Gasteiger partial charge in [-0.1, -0.05) is 300 Å². The van der Waals surface area contributed by atoms with Gasteiger partial charge in [0.15, 0.2) is 0 Å². The van der Waals surface area contributed by atoms with Crippen molar-refractivity contribution < 1.29 is 24.5 Å². The molecule has 6 nitrogen and oxygen atoms in total. The van der Waals surface area contributed by atoms with Gasteiger partial charge in [0.2, 0.25) is 5.91 Å². The van der Waals surface area contributed by atoms with Crippen molar-refractivity contribution in [3.63, 3.8) is 0 Å². The Hall–Kier alpha value is -2.18. The van der Waals surface area contributed by atoms with Crippen LogP contribution in [0.15, 0.2) is 48.6 Å². The Morgan fingerprint density at radius 1 is 0.368 bits per heavy atom. The van der Waals surface area contributed by atoms with E-state index in [0.29, 0.717) is 19.4 Å². The minimum Gasteiger partial charge on any atom is -0.466 e. The quantitative estimate of drug-likeness (QED) is 0.0320. The van der Waals surface area contributed by atoms with Crippen molar-refractivity contribution >= 4 is 11.9 Å². The van der Waals surface area contributed by atoms with Crippen LogP contribution in [0.3, 0.4) is 0 Å². The van der Waals surface area contributed by atoms with Gasteiger partial charge in [0.1, 0.15) is 0 Å². The van der Waals surface area contributed by atoms with Gasteiger partial charge in [-0.25, -0.2) is 0 Å². The van der Waals surface area contributed by atoms with E-state index in [1.165, 1.54) is 250 Å². The normalized spacial score (nSPS) is 12.8. The van der Waals surface area contributed by atoms with Crippen molar-refractivity contribution in [3.8, 4) is 0 Å². The molecule has 76 heavy (non-hydrogen) atoms. The average molecular weight is 1070 g/mol. The van der Waals surface area contributed by atoms with Crippen LogP contribution in [0.1, 0.15) is 361 Å². The van der Waals surface area contributed by atoms with Crippen molar-refractivity contribution in [1.82, 2.24) is 5.32 Å². The monoisotopic (exact) mass is 1070 g/mol. The summed E-state index contributed by atoms with van der Waals surface area (Å²) in [7, 11) is 0. The summed E-state index contributed by atoms with van der Waals surface area (Å²) in [5.74, 6) is -0.100. The number of hydrogen-bond donors (Lipinski definition) is 3. The van der Waals surface area contributed by atoms with Crippen molar-refractivity contribution in [2.45, 2.75) is 373 Å². The summed E-state index contributed by atoms with van der Waals surface area (Å²) < 4.78 is 5.47. The van der Waals surface area contributed by atoms with Gasteiger partial charge in [-0.3, -0.25) is 9.59 Å². The molecule has 0 aromatic rings. The van der Waals surface area contributed by atoms with E-state index >= 15 is 0 Å². The molecule has 0 saturated heterocycles. The summed E-state index contributed by atoms with van der Waals surface area (Å²) in [6.45, 7) is 4.88. The van der Waals surface area contributed by atoms with Gasteiger partial charge in [-0.05, 0) is 96.3 Å². The number of unbranched alkanes of at least 4 members (excludes halogenated alkanes) is 46. The highest BCUT2D eigenvalue weighted by Gasteiger charge is 2.18. The lowest BCUT2D eigenvalue weighted by molar-refractivity contribution is -0.143. The topological polar surface area (TPSA) is 95.9 Å². The lowest BCUT2D eigenvalue weighted by Gasteiger charge is -2.20. The van der Waals surface area contributed by atoms with Crippen LogP contribution in [0.2, 0.25) is 0 Å². The molecule has 2 unspecified atom stereocenters. The molecule has 446 valence electrons.